The van der Waals surface area contributed by atoms with Gasteiger partial charge < -0.3 is 4.74 Å². The molecule has 1 aromatic carbocycles. The fraction of sp³-hybridized carbons (Fsp3) is 0.364. The molecule has 74 valence electrons. The van der Waals surface area contributed by atoms with Crippen LogP contribution in [0.3, 0.4) is 0 Å². The summed E-state index contributed by atoms with van der Waals surface area (Å²) in [4.78, 5) is 0. The monoisotopic (exact) mass is 193 g/mol. The van der Waals surface area contributed by atoms with Gasteiger partial charge in [-0.25, -0.2) is 4.39 Å². The Hall–Kier alpha value is -1.56. The summed E-state index contributed by atoms with van der Waals surface area (Å²) < 4.78 is 17.8. The summed E-state index contributed by atoms with van der Waals surface area (Å²) >= 11 is 0. The maximum Gasteiger partial charge on any atom is 0.165 e. The van der Waals surface area contributed by atoms with E-state index in [-0.39, 0.29) is 17.5 Å². The summed E-state index contributed by atoms with van der Waals surface area (Å²) in [6, 6.07) is 6.79. The van der Waals surface area contributed by atoms with Gasteiger partial charge in [0.25, 0.3) is 0 Å². The molecule has 0 aliphatic heterocycles. The highest BCUT2D eigenvalue weighted by Crippen LogP contribution is 2.19. The average molecular weight is 193 g/mol. The minimum absolute atomic E-state index is 0.0647. The van der Waals surface area contributed by atoms with Crippen LogP contribution in [-0.4, -0.2) is 7.11 Å². The molecule has 0 aliphatic rings. The summed E-state index contributed by atoms with van der Waals surface area (Å²) in [7, 11) is 1.43. The van der Waals surface area contributed by atoms with Gasteiger partial charge in [-0.2, -0.15) is 5.26 Å². The first kappa shape index (κ1) is 10.5. The molecule has 0 aromatic heterocycles. The zero-order valence-electron chi connectivity index (χ0n) is 8.25. The average Bonchev–Trinajstić information content (AvgIpc) is 2.20. The normalized spacial score (nSPS) is 11.9. The Kier molecular flexibility index (Phi) is 3.47. The van der Waals surface area contributed by atoms with Gasteiger partial charge in [-0.1, -0.05) is 6.07 Å². The van der Waals surface area contributed by atoms with E-state index in [9.17, 15) is 4.39 Å². The van der Waals surface area contributed by atoms with Crippen LogP contribution in [0.4, 0.5) is 4.39 Å². The van der Waals surface area contributed by atoms with Gasteiger partial charge in [-0.15, -0.1) is 0 Å². The Labute approximate surface area is 82.9 Å². The molecule has 1 aromatic rings. The van der Waals surface area contributed by atoms with Gasteiger partial charge in [-0.05, 0) is 31.0 Å². The lowest BCUT2D eigenvalue weighted by Crippen LogP contribution is -1.97. The minimum atomic E-state index is -0.374. The highest BCUT2D eigenvalue weighted by Gasteiger charge is 2.06. The maximum atomic E-state index is 13.0. The first-order valence-electron chi connectivity index (χ1n) is 4.39. The van der Waals surface area contributed by atoms with Crippen LogP contribution in [0.15, 0.2) is 18.2 Å². The predicted molar refractivity (Wildman–Crippen MR) is 51.4 cm³/mol. The summed E-state index contributed by atoms with van der Waals surface area (Å²) in [6.07, 6.45) is 0.618. The second-order valence-corrected chi connectivity index (χ2v) is 3.20. The lowest BCUT2D eigenvalue weighted by molar-refractivity contribution is 0.385. The highest BCUT2D eigenvalue weighted by atomic mass is 19.1. The SMILES string of the molecule is COc1cc(CC(C)C#N)ccc1F. The van der Waals surface area contributed by atoms with Crippen molar-refractivity contribution in [1.82, 2.24) is 0 Å². The molecular weight excluding hydrogens is 181 g/mol. The van der Waals surface area contributed by atoms with Crippen LogP contribution >= 0.6 is 0 Å². The van der Waals surface area contributed by atoms with Crippen molar-refractivity contribution in [3.63, 3.8) is 0 Å². The van der Waals surface area contributed by atoms with E-state index in [1.165, 1.54) is 13.2 Å². The second-order valence-electron chi connectivity index (χ2n) is 3.20. The summed E-state index contributed by atoms with van der Waals surface area (Å²) in [5, 5.41) is 8.62. The van der Waals surface area contributed by atoms with Crippen molar-refractivity contribution in [2.75, 3.05) is 7.11 Å². The van der Waals surface area contributed by atoms with E-state index in [0.29, 0.717) is 6.42 Å². The Morgan fingerprint density at radius 1 is 1.57 bits per heavy atom. The van der Waals surface area contributed by atoms with Gasteiger partial charge in [-0.3, -0.25) is 0 Å². The van der Waals surface area contributed by atoms with E-state index >= 15 is 0 Å². The van der Waals surface area contributed by atoms with Gasteiger partial charge in [0.05, 0.1) is 13.2 Å². The van der Waals surface area contributed by atoms with E-state index in [1.54, 1.807) is 12.1 Å². The van der Waals surface area contributed by atoms with Crippen molar-refractivity contribution in [3.8, 4) is 11.8 Å². The number of nitriles is 1. The number of halogens is 1. The molecule has 0 saturated carbocycles. The van der Waals surface area contributed by atoms with Gasteiger partial charge in [0.2, 0.25) is 0 Å². The van der Waals surface area contributed by atoms with Crippen LogP contribution < -0.4 is 4.74 Å². The number of hydrogen-bond donors (Lipinski definition) is 0. The molecule has 0 N–H and O–H groups in total. The van der Waals surface area contributed by atoms with Gasteiger partial charge >= 0.3 is 0 Å². The highest BCUT2D eigenvalue weighted by molar-refractivity contribution is 5.30. The van der Waals surface area contributed by atoms with Crippen LogP contribution in [0.1, 0.15) is 12.5 Å². The molecule has 0 spiro atoms. The molecule has 0 fully saturated rings. The summed E-state index contributed by atoms with van der Waals surface area (Å²) in [5.41, 5.74) is 0.914. The molecule has 1 unspecified atom stereocenters. The van der Waals surface area contributed by atoms with Crippen LogP contribution in [0.5, 0.6) is 5.75 Å². The number of benzene rings is 1. The van der Waals surface area contributed by atoms with Crippen molar-refractivity contribution in [2.45, 2.75) is 13.3 Å². The summed E-state index contributed by atoms with van der Waals surface area (Å²) in [5.74, 6) is -0.210. The van der Waals surface area contributed by atoms with Crippen molar-refractivity contribution >= 4 is 0 Å². The van der Waals surface area contributed by atoms with Gasteiger partial charge in [0.1, 0.15) is 0 Å². The number of nitrogens with zero attached hydrogens (tertiary/aromatic N) is 1. The lowest BCUT2D eigenvalue weighted by Gasteiger charge is -2.06. The van der Waals surface area contributed by atoms with E-state index in [0.717, 1.165) is 5.56 Å². The lowest BCUT2D eigenvalue weighted by atomic mass is 10.0. The molecule has 0 radical (unpaired) electrons. The second kappa shape index (κ2) is 4.61. The number of methoxy groups -OCH3 is 1. The van der Waals surface area contributed by atoms with Crippen molar-refractivity contribution in [1.29, 1.82) is 5.26 Å². The number of rotatable bonds is 3. The first-order chi connectivity index (χ1) is 6.67. The Balaban J connectivity index is 2.85. The largest absolute Gasteiger partial charge is 0.494 e. The quantitative estimate of drug-likeness (QED) is 0.739. The molecule has 0 bridgehead atoms. The Morgan fingerprint density at radius 2 is 2.29 bits per heavy atom. The van der Waals surface area contributed by atoms with Crippen molar-refractivity contribution in [2.24, 2.45) is 5.92 Å². The third-order valence-corrected chi connectivity index (χ3v) is 1.98. The summed E-state index contributed by atoms with van der Waals surface area (Å²) in [6.45, 7) is 1.83. The van der Waals surface area contributed by atoms with Crippen molar-refractivity contribution in [3.05, 3.63) is 29.6 Å². The molecule has 0 amide bonds. The van der Waals surface area contributed by atoms with Gasteiger partial charge in [0.15, 0.2) is 11.6 Å². The third kappa shape index (κ3) is 2.46. The third-order valence-electron chi connectivity index (χ3n) is 1.98. The minimum Gasteiger partial charge on any atom is -0.494 e. The Bertz CT molecular complexity index is 357. The zero-order chi connectivity index (χ0) is 10.6. The molecule has 3 heteroatoms. The fourth-order valence-electron chi connectivity index (χ4n) is 1.23. The maximum absolute atomic E-state index is 13.0. The van der Waals surface area contributed by atoms with Crippen LogP contribution in [0.25, 0.3) is 0 Å². The van der Waals surface area contributed by atoms with Gasteiger partial charge in [0, 0.05) is 5.92 Å². The van der Waals surface area contributed by atoms with E-state index in [1.807, 2.05) is 6.92 Å². The number of hydrogen-bond acceptors (Lipinski definition) is 2. The predicted octanol–water partition coefficient (Wildman–Crippen LogP) is 2.54. The smallest absolute Gasteiger partial charge is 0.165 e. The molecular formula is C11H12FNO. The standard InChI is InChI=1S/C11H12FNO/c1-8(7-13)5-9-3-4-10(12)11(6-9)14-2/h3-4,6,8H,5H2,1-2H3. The molecule has 0 heterocycles. The molecule has 0 aliphatic carbocycles. The van der Waals surface area contributed by atoms with Crippen molar-refractivity contribution < 1.29 is 9.13 Å². The fourth-order valence-corrected chi connectivity index (χ4v) is 1.23. The van der Waals surface area contributed by atoms with E-state index in [2.05, 4.69) is 6.07 Å². The molecule has 2 nitrogen and oxygen atoms in total. The van der Waals surface area contributed by atoms with Crippen LogP contribution in [-0.2, 0) is 6.42 Å². The van der Waals surface area contributed by atoms with E-state index < -0.39 is 0 Å². The van der Waals surface area contributed by atoms with E-state index in [4.69, 9.17) is 10.00 Å². The number of ether oxygens (including phenoxy) is 1. The molecule has 14 heavy (non-hydrogen) atoms. The molecule has 1 atom stereocenters. The topological polar surface area (TPSA) is 33.0 Å². The van der Waals surface area contributed by atoms with Crippen LogP contribution in [0, 0.1) is 23.1 Å². The first-order valence-corrected chi connectivity index (χ1v) is 4.39. The zero-order valence-corrected chi connectivity index (χ0v) is 8.25. The molecule has 1 rings (SSSR count). The Morgan fingerprint density at radius 3 is 2.86 bits per heavy atom. The molecule has 0 saturated heterocycles. The van der Waals surface area contributed by atoms with Crippen LogP contribution in [0.2, 0.25) is 0 Å².